The van der Waals surface area contributed by atoms with Crippen LogP contribution >= 0.6 is 0 Å². The smallest absolute Gasteiger partial charge is 0.190 e. The number of rotatable bonds is 10. The van der Waals surface area contributed by atoms with Gasteiger partial charge in [0.05, 0.1) is 0 Å². The fourth-order valence-corrected chi connectivity index (χ4v) is 5.21. The topological polar surface area (TPSA) is 34.1 Å². The first-order valence-electron chi connectivity index (χ1n) is 13.5. The average molecular weight is 495 g/mol. The molecule has 2 nitrogen and oxygen atoms in total. The Morgan fingerprint density at radius 3 is 1.81 bits per heavy atom. The molecule has 0 unspecified atom stereocenters. The van der Waals surface area contributed by atoms with E-state index in [9.17, 15) is 9.59 Å². The number of aryl methyl sites for hydroxylation is 3. The molecule has 0 fully saturated rings. The summed E-state index contributed by atoms with van der Waals surface area (Å²) in [5.41, 5.74) is 12.0. The number of carbonyl (C=O) groups excluding carboxylic acids is 2. The normalized spacial score (nSPS) is 14.9. The van der Waals surface area contributed by atoms with Gasteiger partial charge in [-0.25, -0.2) is 0 Å². The largest absolute Gasteiger partial charge is 0.289 e. The molecular formula is C35H42O2. The van der Waals surface area contributed by atoms with Crippen LogP contribution in [0.3, 0.4) is 0 Å². The van der Waals surface area contributed by atoms with Gasteiger partial charge >= 0.3 is 0 Å². The standard InChI is InChI=1S/C35H42O2/c1-23(13-11-15-25(3)22-33-27(5)20-26(4)21-28(33)6)12-10-14-24(2)18-19-30-29(7)34(36)31-16-8-9-17-32(31)35(30)37/h8-9,12,15-18,20-21H,10-11,13-14,19,22H2,1-7H3/b23-12+,24-18+,25-15+. The molecule has 37 heavy (non-hydrogen) atoms. The van der Waals surface area contributed by atoms with Crippen LogP contribution < -0.4 is 0 Å². The highest BCUT2D eigenvalue weighted by Gasteiger charge is 2.28. The van der Waals surface area contributed by atoms with Gasteiger partial charge in [-0.15, -0.1) is 0 Å². The van der Waals surface area contributed by atoms with Crippen molar-refractivity contribution >= 4 is 11.6 Å². The lowest BCUT2D eigenvalue weighted by atomic mass is 9.83. The second-order valence-corrected chi connectivity index (χ2v) is 10.8. The first kappa shape index (κ1) is 28.3. The Hall–Kier alpha value is -3.26. The van der Waals surface area contributed by atoms with Gasteiger partial charge in [0, 0.05) is 22.3 Å². The molecule has 2 aromatic rings. The molecule has 0 atom stereocenters. The average Bonchev–Trinajstić information content (AvgIpc) is 2.85. The Kier molecular flexibility index (Phi) is 9.80. The van der Waals surface area contributed by atoms with Crippen LogP contribution in [0.25, 0.3) is 0 Å². The van der Waals surface area contributed by atoms with Gasteiger partial charge in [-0.3, -0.25) is 9.59 Å². The minimum absolute atomic E-state index is 0.0106. The minimum Gasteiger partial charge on any atom is -0.289 e. The lowest BCUT2D eigenvalue weighted by Gasteiger charge is -2.18. The van der Waals surface area contributed by atoms with Gasteiger partial charge < -0.3 is 0 Å². The Morgan fingerprint density at radius 2 is 1.22 bits per heavy atom. The second-order valence-electron chi connectivity index (χ2n) is 10.8. The van der Waals surface area contributed by atoms with Crippen LogP contribution in [0.5, 0.6) is 0 Å². The zero-order valence-corrected chi connectivity index (χ0v) is 23.8. The molecule has 0 saturated carbocycles. The fraction of sp³-hybridized carbons (Fsp3) is 0.371. The van der Waals surface area contributed by atoms with Crippen molar-refractivity contribution in [2.45, 2.75) is 87.0 Å². The molecule has 194 valence electrons. The van der Waals surface area contributed by atoms with Gasteiger partial charge in [-0.05, 0) is 104 Å². The SMILES string of the molecule is CC1=C(C/C=C(\C)CC/C=C(\C)CC/C=C(\C)Cc2c(C)cc(C)cc2C)C(=O)c2ccccc2C1=O. The molecule has 3 rings (SSSR count). The van der Waals surface area contributed by atoms with E-state index in [-0.39, 0.29) is 11.6 Å². The van der Waals surface area contributed by atoms with Crippen molar-refractivity contribution in [3.05, 3.63) is 116 Å². The molecule has 0 N–H and O–H groups in total. The van der Waals surface area contributed by atoms with E-state index in [1.54, 1.807) is 19.1 Å². The van der Waals surface area contributed by atoms with Crippen molar-refractivity contribution in [3.8, 4) is 0 Å². The van der Waals surface area contributed by atoms with Crippen LogP contribution in [-0.2, 0) is 6.42 Å². The Balaban J connectivity index is 1.48. The molecule has 0 amide bonds. The number of hydrogen-bond acceptors (Lipinski definition) is 2. The molecule has 1 aliphatic rings. The molecule has 2 aromatic carbocycles. The number of ketones is 2. The van der Waals surface area contributed by atoms with E-state index in [0.717, 1.165) is 32.1 Å². The monoisotopic (exact) mass is 494 g/mol. The van der Waals surface area contributed by atoms with Crippen molar-refractivity contribution in [1.29, 1.82) is 0 Å². The summed E-state index contributed by atoms with van der Waals surface area (Å²) < 4.78 is 0. The van der Waals surface area contributed by atoms with Crippen LogP contribution in [0.1, 0.15) is 103 Å². The van der Waals surface area contributed by atoms with Crippen LogP contribution in [0.2, 0.25) is 0 Å². The van der Waals surface area contributed by atoms with Gasteiger partial charge in [-0.2, -0.15) is 0 Å². The molecule has 0 spiro atoms. The third kappa shape index (κ3) is 7.38. The summed E-state index contributed by atoms with van der Waals surface area (Å²) in [7, 11) is 0. The van der Waals surface area contributed by atoms with Crippen molar-refractivity contribution < 1.29 is 9.59 Å². The van der Waals surface area contributed by atoms with Crippen molar-refractivity contribution in [1.82, 2.24) is 0 Å². The van der Waals surface area contributed by atoms with E-state index in [0.29, 0.717) is 28.7 Å². The number of allylic oxidation sites excluding steroid dienone is 8. The van der Waals surface area contributed by atoms with Crippen LogP contribution in [-0.4, -0.2) is 11.6 Å². The zero-order valence-electron chi connectivity index (χ0n) is 23.8. The fourth-order valence-electron chi connectivity index (χ4n) is 5.21. The van der Waals surface area contributed by atoms with E-state index in [2.05, 4.69) is 71.9 Å². The third-order valence-corrected chi connectivity index (χ3v) is 7.50. The maximum absolute atomic E-state index is 12.9. The highest BCUT2D eigenvalue weighted by molar-refractivity contribution is 6.26. The summed E-state index contributed by atoms with van der Waals surface area (Å²) in [6.07, 6.45) is 12.5. The van der Waals surface area contributed by atoms with Crippen LogP contribution in [0.15, 0.2) is 82.5 Å². The summed E-state index contributed by atoms with van der Waals surface area (Å²) in [5.74, 6) is -0.0354. The predicted molar refractivity (Wildman–Crippen MR) is 157 cm³/mol. The molecule has 0 aromatic heterocycles. The van der Waals surface area contributed by atoms with Gasteiger partial charge in [0.1, 0.15) is 0 Å². The first-order chi connectivity index (χ1) is 17.6. The van der Waals surface area contributed by atoms with Crippen LogP contribution in [0.4, 0.5) is 0 Å². The van der Waals surface area contributed by atoms with Crippen molar-refractivity contribution in [3.63, 3.8) is 0 Å². The lowest BCUT2D eigenvalue weighted by molar-refractivity contribution is 0.0973. The lowest BCUT2D eigenvalue weighted by Crippen LogP contribution is -2.20. The van der Waals surface area contributed by atoms with Gasteiger partial charge in [0.2, 0.25) is 0 Å². The van der Waals surface area contributed by atoms with Crippen molar-refractivity contribution in [2.24, 2.45) is 0 Å². The molecular weight excluding hydrogens is 452 g/mol. The highest BCUT2D eigenvalue weighted by atomic mass is 16.1. The maximum Gasteiger partial charge on any atom is 0.190 e. The number of benzene rings is 2. The summed E-state index contributed by atoms with van der Waals surface area (Å²) in [6.45, 7) is 15.0. The molecule has 0 saturated heterocycles. The van der Waals surface area contributed by atoms with Crippen molar-refractivity contribution in [2.75, 3.05) is 0 Å². The zero-order chi connectivity index (χ0) is 27.1. The van der Waals surface area contributed by atoms with Crippen LogP contribution in [0, 0.1) is 20.8 Å². The summed E-state index contributed by atoms with van der Waals surface area (Å²) in [6, 6.07) is 11.7. The Labute approximate surface area is 223 Å². The highest BCUT2D eigenvalue weighted by Crippen LogP contribution is 2.28. The molecule has 2 heteroatoms. The number of Topliss-reactive ketones (excluding diaryl/α,β-unsaturated/α-hetero) is 2. The number of carbonyl (C=O) groups is 2. The summed E-state index contributed by atoms with van der Waals surface area (Å²) >= 11 is 0. The molecule has 1 aliphatic carbocycles. The number of hydrogen-bond donors (Lipinski definition) is 0. The Bertz CT molecular complexity index is 1290. The van der Waals surface area contributed by atoms with E-state index >= 15 is 0 Å². The first-order valence-corrected chi connectivity index (χ1v) is 13.5. The third-order valence-electron chi connectivity index (χ3n) is 7.50. The second kappa shape index (κ2) is 12.8. The van der Waals surface area contributed by atoms with E-state index < -0.39 is 0 Å². The summed E-state index contributed by atoms with van der Waals surface area (Å²) in [4.78, 5) is 25.6. The minimum atomic E-state index is -0.0248. The van der Waals surface area contributed by atoms with E-state index in [1.807, 2.05) is 12.1 Å². The van der Waals surface area contributed by atoms with E-state index in [1.165, 1.54) is 39.0 Å². The van der Waals surface area contributed by atoms with E-state index in [4.69, 9.17) is 0 Å². The molecule has 0 bridgehead atoms. The maximum atomic E-state index is 12.9. The van der Waals surface area contributed by atoms with Gasteiger partial charge in [-0.1, -0.05) is 76.9 Å². The molecule has 0 radical (unpaired) electrons. The molecule has 0 heterocycles. The predicted octanol–water partition coefficient (Wildman–Crippen LogP) is 9.34. The van der Waals surface area contributed by atoms with Gasteiger partial charge in [0.25, 0.3) is 0 Å². The number of fused-ring (bicyclic) bond motifs is 1. The van der Waals surface area contributed by atoms with Gasteiger partial charge in [0.15, 0.2) is 11.6 Å². The Morgan fingerprint density at radius 1 is 0.703 bits per heavy atom. The summed E-state index contributed by atoms with van der Waals surface area (Å²) in [5, 5.41) is 0. The molecule has 0 aliphatic heterocycles. The quantitative estimate of drug-likeness (QED) is 0.308.